The van der Waals surface area contributed by atoms with Gasteiger partial charge >= 0.3 is 0 Å². The first-order chi connectivity index (χ1) is 13.1. The minimum absolute atomic E-state index is 0.175. The Morgan fingerprint density at radius 1 is 1.04 bits per heavy atom. The number of fused-ring (bicyclic) bond motifs is 1. The van der Waals surface area contributed by atoms with Crippen LogP contribution in [0.3, 0.4) is 0 Å². The molecule has 0 saturated carbocycles. The summed E-state index contributed by atoms with van der Waals surface area (Å²) in [7, 11) is 1.53. The Labute approximate surface area is 160 Å². The molecule has 0 heterocycles. The van der Waals surface area contributed by atoms with Gasteiger partial charge in [-0.05, 0) is 49.8 Å². The number of hydrogen-bond acceptors (Lipinski definition) is 4. The van der Waals surface area contributed by atoms with Crippen LogP contribution < -0.4 is 15.5 Å². The molecule has 2 aromatic carbocycles. The number of carbonyl (C=O) groups excluding carboxylic acids is 2. The highest BCUT2D eigenvalue weighted by atomic mass is 16.2. The third-order valence-corrected chi connectivity index (χ3v) is 4.91. The van der Waals surface area contributed by atoms with Gasteiger partial charge in [0.05, 0.1) is 11.6 Å². The van der Waals surface area contributed by atoms with Gasteiger partial charge < -0.3 is 15.5 Å². The van der Waals surface area contributed by atoms with Gasteiger partial charge in [-0.3, -0.25) is 9.59 Å². The number of likely N-dealkylation sites (N-methyl/N-ethyl adjacent to an activating group) is 1. The van der Waals surface area contributed by atoms with Gasteiger partial charge in [-0.2, -0.15) is 0 Å². The molecule has 5 heteroatoms. The number of hydrogen-bond donors (Lipinski definition) is 2. The molecule has 0 fully saturated rings. The lowest BCUT2D eigenvalue weighted by atomic mass is 9.86. The highest BCUT2D eigenvalue weighted by molar-refractivity contribution is 6.27. The van der Waals surface area contributed by atoms with E-state index in [9.17, 15) is 9.59 Å². The van der Waals surface area contributed by atoms with Gasteiger partial charge in [0.2, 0.25) is 0 Å². The van der Waals surface area contributed by atoms with Gasteiger partial charge in [-0.15, -0.1) is 0 Å². The SMILES string of the molecule is CCN(CC)c1ccc(NC2C=C(C(=O)NC)C(=O)c3ccccc32)cc1. The number of amides is 1. The van der Waals surface area contributed by atoms with Crippen LogP contribution in [0.1, 0.15) is 35.8 Å². The first-order valence-corrected chi connectivity index (χ1v) is 9.28. The number of carbonyl (C=O) groups is 2. The van der Waals surface area contributed by atoms with Gasteiger partial charge in [-0.25, -0.2) is 0 Å². The maximum atomic E-state index is 12.6. The number of benzene rings is 2. The van der Waals surface area contributed by atoms with Crippen LogP contribution in [-0.2, 0) is 4.79 Å². The summed E-state index contributed by atoms with van der Waals surface area (Å²) in [6.45, 7) is 6.19. The minimum atomic E-state index is -0.363. The predicted molar refractivity (Wildman–Crippen MR) is 109 cm³/mol. The average molecular weight is 363 g/mol. The highest BCUT2D eigenvalue weighted by Gasteiger charge is 2.29. The van der Waals surface area contributed by atoms with Crippen molar-refractivity contribution in [2.45, 2.75) is 19.9 Å². The standard InChI is InChI=1S/C22H25N3O2/c1-4-25(5-2)16-12-10-15(11-13-16)24-20-14-19(22(27)23-3)21(26)18-9-7-6-8-17(18)20/h6-14,20,24H,4-5H2,1-3H3,(H,23,27). The van der Waals surface area contributed by atoms with Crippen LogP contribution in [0.2, 0.25) is 0 Å². The molecule has 0 aliphatic heterocycles. The largest absolute Gasteiger partial charge is 0.375 e. The van der Waals surface area contributed by atoms with Crippen LogP contribution in [-0.4, -0.2) is 31.8 Å². The molecule has 140 valence electrons. The summed E-state index contributed by atoms with van der Waals surface area (Å²) >= 11 is 0. The van der Waals surface area contributed by atoms with Crippen LogP contribution in [0.5, 0.6) is 0 Å². The summed E-state index contributed by atoms with van der Waals surface area (Å²) in [5.41, 5.74) is 3.73. The van der Waals surface area contributed by atoms with Crippen molar-refractivity contribution in [3.8, 4) is 0 Å². The summed E-state index contributed by atoms with van der Waals surface area (Å²) in [6.07, 6.45) is 1.71. The normalized spacial score (nSPS) is 15.6. The van der Waals surface area contributed by atoms with Crippen LogP contribution >= 0.6 is 0 Å². The summed E-state index contributed by atoms with van der Waals surface area (Å²) < 4.78 is 0. The van der Waals surface area contributed by atoms with E-state index >= 15 is 0 Å². The zero-order valence-corrected chi connectivity index (χ0v) is 16.0. The Kier molecular flexibility index (Phi) is 5.60. The first kappa shape index (κ1) is 18.7. The van der Waals surface area contributed by atoms with Crippen molar-refractivity contribution in [2.24, 2.45) is 0 Å². The molecule has 5 nitrogen and oxygen atoms in total. The monoisotopic (exact) mass is 363 g/mol. The Balaban J connectivity index is 1.91. The van der Waals surface area contributed by atoms with Crippen molar-refractivity contribution in [3.05, 3.63) is 71.3 Å². The molecule has 1 atom stereocenters. The molecule has 2 aromatic rings. The number of ketones is 1. The second kappa shape index (κ2) is 8.08. The van der Waals surface area contributed by atoms with Gasteiger partial charge in [0.25, 0.3) is 5.91 Å². The second-order valence-electron chi connectivity index (χ2n) is 6.42. The van der Waals surface area contributed by atoms with Crippen LogP contribution in [0.15, 0.2) is 60.2 Å². The molecule has 1 unspecified atom stereocenters. The van der Waals surface area contributed by atoms with Crippen molar-refractivity contribution in [1.82, 2.24) is 5.32 Å². The lowest BCUT2D eigenvalue weighted by Crippen LogP contribution is -2.30. The van der Waals surface area contributed by atoms with E-state index in [-0.39, 0.29) is 23.3 Å². The van der Waals surface area contributed by atoms with Gasteiger partial charge in [0.15, 0.2) is 5.78 Å². The molecule has 0 bridgehead atoms. The number of nitrogens with one attached hydrogen (secondary N) is 2. The molecule has 27 heavy (non-hydrogen) atoms. The molecule has 0 saturated heterocycles. The molecule has 2 N–H and O–H groups in total. The van der Waals surface area contributed by atoms with Gasteiger partial charge in [-0.1, -0.05) is 24.3 Å². The van der Waals surface area contributed by atoms with E-state index < -0.39 is 0 Å². The molecule has 0 aromatic heterocycles. The van der Waals surface area contributed by atoms with Gasteiger partial charge in [0, 0.05) is 37.1 Å². The average Bonchev–Trinajstić information content (AvgIpc) is 2.71. The van der Waals surface area contributed by atoms with Crippen molar-refractivity contribution < 1.29 is 9.59 Å². The summed E-state index contributed by atoms with van der Waals surface area (Å²) in [5, 5.41) is 5.99. The quantitative estimate of drug-likeness (QED) is 0.771. The van der Waals surface area contributed by atoms with E-state index in [1.165, 1.54) is 12.7 Å². The third kappa shape index (κ3) is 3.72. The van der Waals surface area contributed by atoms with Crippen LogP contribution in [0, 0.1) is 0 Å². The fraction of sp³-hybridized carbons (Fsp3) is 0.273. The molecular weight excluding hydrogens is 338 g/mol. The van der Waals surface area contributed by atoms with Crippen molar-refractivity contribution in [1.29, 1.82) is 0 Å². The predicted octanol–water partition coefficient (Wildman–Crippen LogP) is 3.55. The molecule has 1 aliphatic carbocycles. The Hall–Kier alpha value is -3.08. The second-order valence-corrected chi connectivity index (χ2v) is 6.42. The van der Waals surface area contributed by atoms with Crippen molar-refractivity contribution in [3.63, 3.8) is 0 Å². The number of Topliss-reactive ketones (excluding diaryl/α,β-unsaturated/α-hetero) is 1. The van der Waals surface area contributed by atoms with E-state index in [0.29, 0.717) is 5.56 Å². The fourth-order valence-corrected chi connectivity index (χ4v) is 3.42. The number of anilines is 2. The Morgan fingerprint density at radius 2 is 1.70 bits per heavy atom. The maximum absolute atomic E-state index is 12.6. The smallest absolute Gasteiger partial charge is 0.254 e. The van der Waals surface area contributed by atoms with Crippen LogP contribution in [0.4, 0.5) is 11.4 Å². The molecule has 3 rings (SSSR count). The number of rotatable bonds is 6. The fourth-order valence-electron chi connectivity index (χ4n) is 3.42. The third-order valence-electron chi connectivity index (χ3n) is 4.91. The van der Waals surface area contributed by atoms with Gasteiger partial charge in [0.1, 0.15) is 0 Å². The van der Waals surface area contributed by atoms with Crippen molar-refractivity contribution >= 4 is 23.1 Å². The Bertz CT molecular complexity index is 867. The molecule has 1 aliphatic rings. The lowest BCUT2D eigenvalue weighted by molar-refractivity contribution is -0.116. The molecular formula is C22H25N3O2. The summed E-state index contributed by atoms with van der Waals surface area (Å²) in [5.74, 6) is -0.599. The number of nitrogens with zero attached hydrogens (tertiary/aromatic N) is 1. The highest BCUT2D eigenvalue weighted by Crippen LogP contribution is 2.32. The topological polar surface area (TPSA) is 61.4 Å². The van der Waals surface area contributed by atoms with E-state index in [2.05, 4.69) is 41.5 Å². The van der Waals surface area contributed by atoms with E-state index in [1.807, 2.05) is 30.3 Å². The molecule has 1 amide bonds. The first-order valence-electron chi connectivity index (χ1n) is 9.28. The maximum Gasteiger partial charge on any atom is 0.254 e. The Morgan fingerprint density at radius 3 is 2.33 bits per heavy atom. The van der Waals surface area contributed by atoms with E-state index in [1.54, 1.807) is 12.1 Å². The van der Waals surface area contributed by atoms with E-state index in [4.69, 9.17) is 0 Å². The summed E-state index contributed by atoms with van der Waals surface area (Å²) in [6, 6.07) is 15.4. The minimum Gasteiger partial charge on any atom is -0.375 e. The van der Waals surface area contributed by atoms with Crippen molar-refractivity contribution in [2.75, 3.05) is 30.4 Å². The molecule has 0 radical (unpaired) electrons. The van der Waals surface area contributed by atoms with Crippen LogP contribution in [0.25, 0.3) is 0 Å². The zero-order chi connectivity index (χ0) is 19.4. The molecule has 0 spiro atoms. The zero-order valence-electron chi connectivity index (χ0n) is 16.0. The van der Waals surface area contributed by atoms with E-state index in [0.717, 1.165) is 24.3 Å². The summed E-state index contributed by atoms with van der Waals surface area (Å²) in [4.78, 5) is 27.1. The lowest BCUT2D eigenvalue weighted by Gasteiger charge is -2.26.